The first kappa shape index (κ1) is 12.3. The second-order valence-electron chi connectivity index (χ2n) is 4.16. The van der Waals surface area contributed by atoms with E-state index in [-0.39, 0.29) is 0 Å². The van der Waals surface area contributed by atoms with Crippen molar-refractivity contribution in [1.82, 2.24) is 10.3 Å². The number of hydrogen-bond donors (Lipinski definition) is 1. The topological polar surface area (TPSA) is 38.1 Å². The van der Waals surface area contributed by atoms with Gasteiger partial charge in [0.15, 0.2) is 0 Å². The van der Waals surface area contributed by atoms with Crippen LogP contribution in [-0.2, 0) is 0 Å². The number of rotatable bonds is 6. The summed E-state index contributed by atoms with van der Waals surface area (Å²) in [6, 6.07) is 4.26. The van der Waals surface area contributed by atoms with Gasteiger partial charge in [-0.15, -0.1) is 11.3 Å². The minimum Gasteiger partial charge on any atom is -0.468 e. The summed E-state index contributed by atoms with van der Waals surface area (Å²) in [6.45, 7) is 5.28. The Hall–Kier alpha value is -1.13. The monoisotopic (exact) mass is 250 g/mol. The molecule has 2 rings (SSSR count). The molecule has 0 aliphatic heterocycles. The van der Waals surface area contributed by atoms with Gasteiger partial charge in [-0.25, -0.2) is 4.98 Å². The fraction of sp³-hybridized carbons (Fsp3) is 0.462. The summed E-state index contributed by atoms with van der Waals surface area (Å²) in [5.74, 6) is 1.46. The lowest BCUT2D eigenvalue weighted by molar-refractivity contribution is 0.397. The van der Waals surface area contributed by atoms with Crippen LogP contribution in [0.1, 0.15) is 43.0 Å². The van der Waals surface area contributed by atoms with Crippen molar-refractivity contribution < 1.29 is 4.42 Å². The van der Waals surface area contributed by atoms with Gasteiger partial charge < -0.3 is 9.73 Å². The van der Waals surface area contributed by atoms with Crippen molar-refractivity contribution in [2.24, 2.45) is 0 Å². The fourth-order valence-corrected chi connectivity index (χ4v) is 2.52. The van der Waals surface area contributed by atoms with Gasteiger partial charge in [0.2, 0.25) is 0 Å². The maximum absolute atomic E-state index is 5.43. The van der Waals surface area contributed by atoms with Gasteiger partial charge in [0.25, 0.3) is 0 Å². The van der Waals surface area contributed by atoms with Crippen LogP contribution in [0.2, 0.25) is 0 Å². The highest BCUT2D eigenvalue weighted by Gasteiger charge is 2.14. The first-order chi connectivity index (χ1) is 8.31. The minimum absolute atomic E-state index is 0.299. The third-order valence-electron chi connectivity index (χ3n) is 2.84. The molecule has 2 aromatic heterocycles. The van der Waals surface area contributed by atoms with Gasteiger partial charge in [0.05, 0.1) is 17.3 Å². The summed E-state index contributed by atoms with van der Waals surface area (Å²) >= 11 is 1.71. The Labute approximate surface area is 106 Å². The van der Waals surface area contributed by atoms with E-state index in [9.17, 15) is 0 Å². The maximum Gasteiger partial charge on any atom is 0.120 e. The number of furan rings is 1. The van der Waals surface area contributed by atoms with E-state index in [1.165, 1.54) is 5.01 Å². The molecule has 0 amide bonds. The van der Waals surface area contributed by atoms with Gasteiger partial charge in [-0.1, -0.05) is 13.8 Å². The van der Waals surface area contributed by atoms with Crippen LogP contribution >= 0.6 is 11.3 Å². The number of thiazole rings is 1. The lowest BCUT2D eigenvalue weighted by Gasteiger charge is -2.17. The van der Waals surface area contributed by atoms with Crippen LogP contribution in [0.4, 0.5) is 0 Å². The van der Waals surface area contributed by atoms with Gasteiger partial charge in [0.1, 0.15) is 5.76 Å². The fourth-order valence-electron chi connectivity index (χ4n) is 1.82. The lowest BCUT2D eigenvalue weighted by Crippen LogP contribution is -2.24. The molecule has 17 heavy (non-hydrogen) atoms. The zero-order valence-electron chi connectivity index (χ0n) is 10.2. The van der Waals surface area contributed by atoms with Gasteiger partial charge in [-0.3, -0.25) is 0 Å². The first-order valence-corrected chi connectivity index (χ1v) is 6.85. The molecule has 0 saturated carbocycles. The predicted octanol–water partition coefficient (Wildman–Crippen LogP) is 3.58. The second kappa shape index (κ2) is 5.98. The summed E-state index contributed by atoms with van der Waals surface area (Å²) in [4.78, 5) is 4.34. The normalized spacial score (nSPS) is 14.7. The summed E-state index contributed by atoms with van der Waals surface area (Å²) in [7, 11) is 0. The van der Waals surface area contributed by atoms with E-state index in [1.807, 2.05) is 23.7 Å². The van der Waals surface area contributed by atoms with Crippen molar-refractivity contribution >= 4 is 11.3 Å². The summed E-state index contributed by atoms with van der Waals surface area (Å²) in [6.07, 6.45) is 4.61. The molecule has 2 atom stereocenters. The van der Waals surface area contributed by atoms with Crippen LogP contribution in [0.25, 0.3) is 0 Å². The quantitative estimate of drug-likeness (QED) is 0.851. The smallest absolute Gasteiger partial charge is 0.120 e. The Morgan fingerprint density at radius 1 is 1.53 bits per heavy atom. The summed E-state index contributed by atoms with van der Waals surface area (Å²) in [5, 5.41) is 6.74. The highest BCUT2D eigenvalue weighted by molar-refractivity contribution is 7.09. The molecule has 4 heteroatoms. The van der Waals surface area contributed by atoms with Crippen LogP contribution in [-0.4, -0.2) is 11.5 Å². The highest BCUT2D eigenvalue weighted by atomic mass is 32.1. The third-order valence-corrected chi connectivity index (χ3v) is 3.85. The van der Waals surface area contributed by atoms with E-state index in [4.69, 9.17) is 4.42 Å². The Balaban J connectivity index is 1.88. The molecular formula is C13H18N2OS. The van der Waals surface area contributed by atoms with Crippen LogP contribution in [0.15, 0.2) is 34.4 Å². The molecule has 0 fully saturated rings. The molecular weight excluding hydrogens is 232 g/mol. The average molecular weight is 250 g/mol. The number of hydrogen-bond acceptors (Lipinski definition) is 4. The van der Waals surface area contributed by atoms with Gasteiger partial charge in [-0.2, -0.15) is 0 Å². The molecule has 3 nitrogen and oxygen atoms in total. The summed E-state index contributed by atoms with van der Waals surface area (Å²) < 4.78 is 5.43. The van der Waals surface area contributed by atoms with Crippen molar-refractivity contribution in [3.63, 3.8) is 0 Å². The minimum atomic E-state index is 0.299. The predicted molar refractivity (Wildman–Crippen MR) is 70.3 cm³/mol. The molecule has 0 aliphatic carbocycles. The van der Waals surface area contributed by atoms with E-state index < -0.39 is 0 Å². The average Bonchev–Trinajstić information content (AvgIpc) is 3.02. The van der Waals surface area contributed by atoms with Crippen molar-refractivity contribution in [1.29, 1.82) is 0 Å². The largest absolute Gasteiger partial charge is 0.468 e. The molecule has 0 aromatic carbocycles. The Bertz CT molecular complexity index is 411. The summed E-state index contributed by atoms with van der Waals surface area (Å²) in [5.41, 5.74) is 0. The number of aromatic nitrogens is 1. The molecule has 0 bridgehead atoms. The maximum atomic E-state index is 5.43. The van der Waals surface area contributed by atoms with E-state index >= 15 is 0 Å². The van der Waals surface area contributed by atoms with Crippen molar-refractivity contribution in [2.45, 2.75) is 32.2 Å². The van der Waals surface area contributed by atoms with Gasteiger partial charge in [0, 0.05) is 24.0 Å². The SMILES string of the molecule is CCC(NCC(C)c1nccs1)c1ccco1. The molecule has 2 unspecified atom stereocenters. The van der Waals surface area contributed by atoms with Crippen molar-refractivity contribution in [3.05, 3.63) is 40.7 Å². The lowest BCUT2D eigenvalue weighted by atomic mass is 10.1. The van der Waals surface area contributed by atoms with Crippen LogP contribution < -0.4 is 5.32 Å². The Morgan fingerprint density at radius 3 is 3.00 bits per heavy atom. The van der Waals surface area contributed by atoms with Crippen LogP contribution in [0.3, 0.4) is 0 Å². The first-order valence-electron chi connectivity index (χ1n) is 5.97. The van der Waals surface area contributed by atoms with Gasteiger partial charge >= 0.3 is 0 Å². The molecule has 2 heterocycles. The molecule has 0 spiro atoms. The van der Waals surface area contributed by atoms with Crippen molar-refractivity contribution in [2.75, 3.05) is 6.54 Å². The van der Waals surface area contributed by atoms with E-state index in [2.05, 4.69) is 24.1 Å². The number of nitrogens with one attached hydrogen (secondary N) is 1. The molecule has 0 saturated heterocycles. The van der Waals surface area contributed by atoms with Gasteiger partial charge in [-0.05, 0) is 18.6 Å². The Kier molecular flexibility index (Phi) is 4.34. The zero-order valence-corrected chi connectivity index (χ0v) is 11.0. The molecule has 0 radical (unpaired) electrons. The highest BCUT2D eigenvalue weighted by Crippen LogP contribution is 2.20. The van der Waals surface area contributed by atoms with Crippen LogP contribution in [0, 0.1) is 0 Å². The van der Waals surface area contributed by atoms with Crippen molar-refractivity contribution in [3.8, 4) is 0 Å². The molecule has 2 aromatic rings. The standard InChI is InChI=1S/C13H18N2OS/c1-3-11(12-5-4-7-16-12)15-9-10(2)13-14-6-8-17-13/h4-8,10-11,15H,3,9H2,1-2H3. The molecule has 92 valence electrons. The van der Waals surface area contributed by atoms with E-state index in [0.29, 0.717) is 12.0 Å². The second-order valence-corrected chi connectivity index (χ2v) is 5.08. The Morgan fingerprint density at radius 2 is 2.41 bits per heavy atom. The molecule has 1 N–H and O–H groups in total. The third kappa shape index (κ3) is 3.17. The number of nitrogens with zero attached hydrogens (tertiary/aromatic N) is 1. The van der Waals surface area contributed by atoms with E-state index in [1.54, 1.807) is 17.6 Å². The van der Waals surface area contributed by atoms with Crippen LogP contribution in [0.5, 0.6) is 0 Å². The van der Waals surface area contributed by atoms with E-state index in [0.717, 1.165) is 18.7 Å². The molecule has 0 aliphatic rings. The zero-order chi connectivity index (χ0) is 12.1.